The van der Waals surface area contributed by atoms with Crippen LogP contribution in [0.15, 0.2) is 158 Å². The molecule has 0 N–H and O–H groups in total. The monoisotopic (exact) mass is 778 g/mol. The summed E-state index contributed by atoms with van der Waals surface area (Å²) in [6, 6.07) is 59.6. The van der Waals surface area contributed by atoms with Gasteiger partial charge >= 0.3 is 26.2 Å². The topological polar surface area (TPSA) is 0 Å². The molecular weight excluding hydrogens is 743 g/mol. The molecule has 0 aliphatic rings. The molecule has 0 amide bonds. The molecule has 4 heteroatoms. The Morgan fingerprint density at radius 3 is 1.12 bits per heavy atom. The van der Waals surface area contributed by atoms with Crippen molar-refractivity contribution in [2.75, 3.05) is 0 Å². The van der Waals surface area contributed by atoms with Crippen LogP contribution in [0.1, 0.15) is 22.3 Å². The van der Waals surface area contributed by atoms with Crippen LogP contribution in [0.5, 0.6) is 0 Å². The van der Waals surface area contributed by atoms with Gasteiger partial charge in [0.1, 0.15) is 0 Å². The number of rotatable bonds is 6. The molecule has 0 aliphatic carbocycles. The van der Waals surface area contributed by atoms with Crippen LogP contribution in [-0.2, 0) is 26.2 Å². The second kappa shape index (κ2) is 15.2. The van der Waals surface area contributed by atoms with E-state index in [0.29, 0.717) is 0 Å². The van der Waals surface area contributed by atoms with E-state index in [1.165, 1.54) is 86.8 Å². The van der Waals surface area contributed by atoms with Crippen molar-refractivity contribution in [3.05, 3.63) is 180 Å². The van der Waals surface area contributed by atoms with Crippen molar-refractivity contribution < 1.29 is 51.0 Å². The first-order valence-electron chi connectivity index (χ1n) is 16.6. The van der Waals surface area contributed by atoms with Crippen molar-refractivity contribution in [3.8, 4) is 22.3 Å². The average molecular weight is 781 g/mol. The number of benzene rings is 6. The van der Waals surface area contributed by atoms with Gasteiger partial charge in [0, 0.05) is 0 Å². The maximum Gasteiger partial charge on any atom is 4.00 e. The van der Waals surface area contributed by atoms with E-state index < -0.39 is 8.07 Å². The fraction of sp³-hybridized carbons (Fsp3) is 0.0870. The van der Waals surface area contributed by atoms with E-state index in [0.717, 1.165) is 0 Å². The predicted octanol–water partition coefficient (Wildman–Crippen LogP) is 3.38. The summed E-state index contributed by atoms with van der Waals surface area (Å²) in [6.07, 6.45) is 0. The van der Waals surface area contributed by atoms with Crippen LogP contribution >= 0.6 is 0 Å². The number of fused-ring (bicyclic) bond motifs is 2. The normalized spacial score (nSPS) is 11.1. The van der Waals surface area contributed by atoms with E-state index in [2.05, 4.69) is 185 Å². The third-order valence-corrected chi connectivity index (χ3v) is 15.3. The first-order valence-corrected chi connectivity index (χ1v) is 18.6. The molecule has 0 radical (unpaired) electrons. The smallest absolute Gasteiger partial charge is 1.00 e. The molecule has 0 nitrogen and oxygen atoms in total. The van der Waals surface area contributed by atoms with Crippen molar-refractivity contribution in [2.45, 2.75) is 27.7 Å². The third kappa shape index (κ3) is 6.12. The molecule has 0 unspecified atom stereocenters. The van der Waals surface area contributed by atoms with Crippen molar-refractivity contribution in [1.29, 1.82) is 0 Å². The molecule has 244 valence electrons. The molecule has 0 fully saturated rings. The molecule has 0 aromatic heterocycles. The summed E-state index contributed by atoms with van der Waals surface area (Å²) in [6.45, 7) is 9.11. The van der Waals surface area contributed by atoms with Crippen LogP contribution in [0, 0.1) is 27.7 Å². The van der Waals surface area contributed by atoms with Crippen LogP contribution in [0.3, 0.4) is 0 Å². The summed E-state index contributed by atoms with van der Waals surface area (Å²) in [5, 5.41) is 11.2. The molecule has 0 saturated heterocycles. The molecule has 8 aromatic rings. The Kier molecular flexibility index (Phi) is 11.4. The van der Waals surface area contributed by atoms with Crippen LogP contribution in [0.4, 0.5) is 0 Å². The largest absolute Gasteiger partial charge is 4.00 e. The molecular formula is C46H38Cl2SiZr. The van der Waals surface area contributed by atoms with Crippen molar-refractivity contribution >= 4 is 50.4 Å². The van der Waals surface area contributed by atoms with E-state index in [9.17, 15) is 0 Å². The van der Waals surface area contributed by atoms with Crippen molar-refractivity contribution in [3.63, 3.8) is 0 Å². The van der Waals surface area contributed by atoms with Gasteiger partial charge in [-0.15, -0.1) is 79.4 Å². The van der Waals surface area contributed by atoms with Gasteiger partial charge in [-0.25, -0.2) is 0 Å². The van der Waals surface area contributed by atoms with Crippen LogP contribution in [0.2, 0.25) is 0 Å². The van der Waals surface area contributed by atoms with Gasteiger partial charge in [-0.05, 0) is 25.0 Å². The van der Waals surface area contributed by atoms with Crippen LogP contribution < -0.4 is 45.6 Å². The maximum atomic E-state index is 2.44. The first-order chi connectivity index (χ1) is 23.0. The standard InChI is InChI=1S/C46H38Si.2ClH.Zr/c1-31-21-25-39(26-22-31)47(40-27-23-32(2)24-28-40,45-33(3)29-37-17-11-19-41(43(37)45)35-13-7-5-8-14-35)46-34(4)30-38-18-12-20-42(44(38)46)36-15-9-6-10-16-36;;;/h5-30H,1-4H3;2*1H;/q-2;;;+4/p-2. The first kappa shape index (κ1) is 37.5. The Balaban J connectivity index is 0.00000162. The quantitative estimate of drug-likeness (QED) is 0.180. The fourth-order valence-corrected chi connectivity index (χ4v) is 13.8. The Bertz CT molecular complexity index is 2200. The Morgan fingerprint density at radius 1 is 0.400 bits per heavy atom. The van der Waals surface area contributed by atoms with E-state index in [-0.39, 0.29) is 51.0 Å². The minimum Gasteiger partial charge on any atom is -1.00 e. The van der Waals surface area contributed by atoms with E-state index in [1.54, 1.807) is 0 Å². The minimum absolute atomic E-state index is 0. The number of halogens is 2. The summed E-state index contributed by atoms with van der Waals surface area (Å²) in [4.78, 5) is 0. The molecule has 0 saturated carbocycles. The summed E-state index contributed by atoms with van der Waals surface area (Å²) >= 11 is 0. The van der Waals surface area contributed by atoms with Crippen LogP contribution in [-0.4, -0.2) is 8.07 Å². The molecule has 8 rings (SSSR count). The summed E-state index contributed by atoms with van der Waals surface area (Å²) < 4.78 is 0. The van der Waals surface area contributed by atoms with Gasteiger partial charge in [-0.3, -0.25) is 0 Å². The van der Waals surface area contributed by atoms with Gasteiger partial charge in [0.15, 0.2) is 0 Å². The molecule has 0 atom stereocenters. The van der Waals surface area contributed by atoms with Gasteiger partial charge in [-0.2, -0.15) is 0 Å². The molecule has 0 spiro atoms. The maximum absolute atomic E-state index is 2.99. The Labute approximate surface area is 328 Å². The summed E-state index contributed by atoms with van der Waals surface area (Å²) in [5.74, 6) is 0. The van der Waals surface area contributed by atoms with Gasteiger partial charge < -0.3 is 24.8 Å². The zero-order valence-electron chi connectivity index (χ0n) is 28.8. The predicted molar refractivity (Wildman–Crippen MR) is 206 cm³/mol. The zero-order chi connectivity index (χ0) is 32.1. The van der Waals surface area contributed by atoms with E-state index in [1.807, 2.05) is 0 Å². The third-order valence-electron chi connectivity index (χ3n) is 10.1. The average Bonchev–Trinajstić information content (AvgIpc) is 3.63. The zero-order valence-corrected chi connectivity index (χ0v) is 33.7. The molecule has 8 aromatic carbocycles. The van der Waals surface area contributed by atoms with E-state index >= 15 is 0 Å². The van der Waals surface area contributed by atoms with Gasteiger partial charge in [0.2, 0.25) is 0 Å². The molecule has 0 heterocycles. The fourth-order valence-electron chi connectivity index (χ4n) is 8.10. The molecule has 50 heavy (non-hydrogen) atoms. The SMILES string of the molecule is Cc1ccc([Si](c2ccc(C)cc2)(c2c(C)[cH-]c3cccc(-c4ccccc4)c23)c2c(C)[cH-]c3cccc(-c4ccccc4)c23)cc1.[Cl-].[Cl-].[Zr+4]. The summed E-state index contributed by atoms with van der Waals surface area (Å²) in [7, 11) is -2.99. The Hall–Kier alpha value is -3.78. The minimum atomic E-state index is -2.99. The van der Waals surface area contributed by atoms with Crippen molar-refractivity contribution in [2.24, 2.45) is 0 Å². The van der Waals surface area contributed by atoms with Crippen LogP contribution in [0.25, 0.3) is 43.8 Å². The van der Waals surface area contributed by atoms with Gasteiger partial charge in [0.25, 0.3) is 0 Å². The van der Waals surface area contributed by atoms with Crippen molar-refractivity contribution in [1.82, 2.24) is 0 Å². The Morgan fingerprint density at radius 2 is 0.760 bits per heavy atom. The number of aryl methyl sites for hydroxylation is 4. The van der Waals surface area contributed by atoms with E-state index in [4.69, 9.17) is 0 Å². The number of hydrogen-bond donors (Lipinski definition) is 0. The second-order valence-corrected chi connectivity index (χ2v) is 16.8. The number of hydrogen-bond acceptors (Lipinski definition) is 0. The second-order valence-electron chi connectivity index (χ2n) is 13.2. The molecule has 0 bridgehead atoms. The van der Waals surface area contributed by atoms with Gasteiger partial charge in [0.05, 0.1) is 8.07 Å². The summed E-state index contributed by atoms with van der Waals surface area (Å²) in [5.41, 5.74) is 10.4. The molecule has 0 aliphatic heterocycles. The van der Waals surface area contributed by atoms with Gasteiger partial charge in [-0.1, -0.05) is 168 Å².